The Labute approximate surface area is 110 Å². The lowest BCUT2D eigenvalue weighted by molar-refractivity contribution is -0.120. The predicted molar refractivity (Wildman–Crippen MR) is 66.7 cm³/mol. The van der Waals surface area contributed by atoms with Crippen LogP contribution in [-0.2, 0) is 9.53 Å². The number of hydrogen-bond acceptors (Lipinski definition) is 6. The van der Waals surface area contributed by atoms with Crippen LogP contribution in [0.15, 0.2) is 10.7 Å². The molecule has 0 aliphatic heterocycles. The van der Waals surface area contributed by atoms with E-state index in [0.29, 0.717) is 19.0 Å². The molecule has 7 nitrogen and oxygen atoms in total. The van der Waals surface area contributed by atoms with Gasteiger partial charge in [-0.05, 0) is 19.8 Å². The molecular weight excluding hydrogens is 250 g/mol. The Hall–Kier alpha value is -2.05. The van der Waals surface area contributed by atoms with Gasteiger partial charge in [-0.3, -0.25) is 4.79 Å². The Balaban J connectivity index is 1.70. The summed E-state index contributed by atoms with van der Waals surface area (Å²) in [6, 6.07) is 0.576. The maximum Gasteiger partial charge on any atom is 0.360 e. The normalized spacial score (nSPS) is 13.9. The van der Waals surface area contributed by atoms with E-state index in [1.807, 2.05) is 0 Å². The zero-order valence-electron chi connectivity index (χ0n) is 10.8. The Morgan fingerprint density at radius 3 is 3.00 bits per heavy atom. The van der Waals surface area contributed by atoms with Crippen LogP contribution in [0.1, 0.15) is 36.7 Å². The molecule has 0 saturated heterocycles. The van der Waals surface area contributed by atoms with Crippen molar-refractivity contribution in [2.24, 2.45) is 0 Å². The largest absolute Gasteiger partial charge is 0.461 e. The first-order valence-electron chi connectivity index (χ1n) is 6.35. The van der Waals surface area contributed by atoms with E-state index in [-0.39, 0.29) is 24.2 Å². The Morgan fingerprint density at radius 1 is 1.53 bits per heavy atom. The highest BCUT2D eigenvalue weighted by atomic mass is 16.5. The van der Waals surface area contributed by atoms with Gasteiger partial charge in [-0.2, -0.15) is 4.98 Å². The van der Waals surface area contributed by atoms with Crippen LogP contribution in [0.4, 0.5) is 6.01 Å². The summed E-state index contributed by atoms with van der Waals surface area (Å²) >= 11 is 0. The second kappa shape index (κ2) is 6.21. The number of hydrogen-bond donors (Lipinski definition) is 2. The quantitative estimate of drug-likeness (QED) is 0.714. The van der Waals surface area contributed by atoms with Crippen molar-refractivity contribution >= 4 is 17.9 Å². The van der Waals surface area contributed by atoms with E-state index in [0.717, 1.165) is 12.8 Å². The van der Waals surface area contributed by atoms with Gasteiger partial charge in [0.1, 0.15) is 6.26 Å². The maximum atomic E-state index is 11.4. The molecule has 1 aromatic heterocycles. The molecule has 0 spiro atoms. The third-order valence-electron chi connectivity index (χ3n) is 2.56. The van der Waals surface area contributed by atoms with E-state index in [1.54, 1.807) is 6.92 Å². The third-order valence-corrected chi connectivity index (χ3v) is 2.56. The Morgan fingerprint density at radius 2 is 2.32 bits per heavy atom. The molecule has 1 heterocycles. The minimum absolute atomic E-state index is 0.00664. The molecule has 19 heavy (non-hydrogen) atoms. The van der Waals surface area contributed by atoms with Crippen molar-refractivity contribution in [2.45, 2.75) is 32.2 Å². The van der Waals surface area contributed by atoms with Crippen LogP contribution in [0.5, 0.6) is 0 Å². The number of oxazole rings is 1. The number of nitrogens with zero attached hydrogens (tertiary/aromatic N) is 1. The second-order valence-corrected chi connectivity index (χ2v) is 4.28. The number of amides is 1. The van der Waals surface area contributed by atoms with Gasteiger partial charge < -0.3 is 19.8 Å². The monoisotopic (exact) mass is 267 g/mol. The molecule has 1 aliphatic carbocycles. The molecule has 104 valence electrons. The van der Waals surface area contributed by atoms with E-state index in [1.165, 1.54) is 6.26 Å². The lowest BCUT2D eigenvalue weighted by Crippen LogP contribution is -2.27. The minimum Gasteiger partial charge on any atom is -0.461 e. The van der Waals surface area contributed by atoms with E-state index < -0.39 is 5.97 Å². The van der Waals surface area contributed by atoms with Gasteiger partial charge >= 0.3 is 5.97 Å². The van der Waals surface area contributed by atoms with E-state index in [2.05, 4.69) is 15.6 Å². The summed E-state index contributed by atoms with van der Waals surface area (Å²) < 4.78 is 9.83. The molecule has 0 atom stereocenters. The highest BCUT2D eigenvalue weighted by Crippen LogP contribution is 2.18. The van der Waals surface area contributed by atoms with Crippen molar-refractivity contribution in [3.8, 4) is 0 Å². The van der Waals surface area contributed by atoms with E-state index >= 15 is 0 Å². The van der Waals surface area contributed by atoms with Gasteiger partial charge in [0.05, 0.1) is 6.61 Å². The fourth-order valence-electron chi connectivity index (χ4n) is 1.46. The van der Waals surface area contributed by atoms with Crippen molar-refractivity contribution in [1.29, 1.82) is 0 Å². The van der Waals surface area contributed by atoms with Crippen LogP contribution in [0.2, 0.25) is 0 Å². The van der Waals surface area contributed by atoms with Crippen LogP contribution < -0.4 is 10.6 Å². The number of rotatable bonds is 7. The first kappa shape index (κ1) is 13.4. The summed E-state index contributed by atoms with van der Waals surface area (Å²) in [5, 5.41) is 5.72. The summed E-state index contributed by atoms with van der Waals surface area (Å²) in [4.78, 5) is 26.7. The summed E-state index contributed by atoms with van der Waals surface area (Å²) in [7, 11) is 0. The van der Waals surface area contributed by atoms with Gasteiger partial charge in [0.25, 0.3) is 6.01 Å². The average Bonchev–Trinajstić information content (AvgIpc) is 3.05. The molecule has 2 rings (SSSR count). The molecule has 7 heteroatoms. The molecule has 1 aromatic rings. The number of carbonyl (C=O) groups excluding carboxylic acids is 2. The number of aromatic nitrogens is 1. The van der Waals surface area contributed by atoms with Gasteiger partial charge in [-0.1, -0.05) is 0 Å². The maximum absolute atomic E-state index is 11.4. The van der Waals surface area contributed by atoms with Gasteiger partial charge in [0.2, 0.25) is 5.91 Å². The minimum atomic E-state index is -0.522. The van der Waals surface area contributed by atoms with Crippen molar-refractivity contribution in [1.82, 2.24) is 10.3 Å². The zero-order valence-corrected chi connectivity index (χ0v) is 10.8. The number of nitrogens with one attached hydrogen (secondary N) is 2. The fraction of sp³-hybridized carbons (Fsp3) is 0.583. The summed E-state index contributed by atoms with van der Waals surface area (Å²) in [6.07, 6.45) is 3.71. The standard InChI is InChI=1S/C12H17N3O4/c1-2-18-11(17)9-7-19-12(15-9)13-6-5-10(16)14-8-3-4-8/h7-8H,2-6H2,1H3,(H,13,15)(H,14,16). The number of anilines is 1. The SMILES string of the molecule is CCOC(=O)c1coc(NCCC(=O)NC2CC2)n1. The average molecular weight is 267 g/mol. The first-order chi connectivity index (χ1) is 9.19. The van der Waals surface area contributed by atoms with Crippen LogP contribution in [0.25, 0.3) is 0 Å². The second-order valence-electron chi connectivity index (χ2n) is 4.28. The van der Waals surface area contributed by atoms with Crippen molar-refractivity contribution in [3.05, 3.63) is 12.0 Å². The lowest BCUT2D eigenvalue weighted by Gasteiger charge is -2.03. The molecule has 1 amide bonds. The molecule has 0 radical (unpaired) electrons. The van der Waals surface area contributed by atoms with Crippen LogP contribution >= 0.6 is 0 Å². The van der Waals surface area contributed by atoms with Crippen LogP contribution in [0.3, 0.4) is 0 Å². The smallest absolute Gasteiger partial charge is 0.360 e. The summed E-state index contributed by atoms with van der Waals surface area (Å²) in [6.45, 7) is 2.41. The molecule has 0 unspecified atom stereocenters. The van der Waals surface area contributed by atoms with Crippen molar-refractivity contribution < 1.29 is 18.7 Å². The topological polar surface area (TPSA) is 93.5 Å². The Kier molecular flexibility index (Phi) is 4.38. The van der Waals surface area contributed by atoms with Crippen LogP contribution in [0, 0.1) is 0 Å². The highest BCUT2D eigenvalue weighted by Gasteiger charge is 2.22. The third kappa shape index (κ3) is 4.27. The molecule has 0 aromatic carbocycles. The van der Waals surface area contributed by atoms with Crippen molar-refractivity contribution in [3.63, 3.8) is 0 Å². The number of esters is 1. The lowest BCUT2D eigenvalue weighted by atomic mass is 10.4. The van der Waals surface area contributed by atoms with Gasteiger partial charge in [-0.15, -0.1) is 0 Å². The summed E-state index contributed by atoms with van der Waals surface area (Å²) in [5.74, 6) is -0.516. The molecule has 0 bridgehead atoms. The zero-order chi connectivity index (χ0) is 13.7. The van der Waals surface area contributed by atoms with Gasteiger partial charge in [0, 0.05) is 19.0 Å². The molecule has 1 fully saturated rings. The molecular formula is C12H17N3O4. The first-order valence-corrected chi connectivity index (χ1v) is 6.35. The van der Waals surface area contributed by atoms with Gasteiger partial charge in [-0.25, -0.2) is 4.79 Å². The fourth-order valence-corrected chi connectivity index (χ4v) is 1.46. The number of carbonyl (C=O) groups is 2. The van der Waals surface area contributed by atoms with Crippen LogP contribution in [-0.4, -0.2) is 36.1 Å². The predicted octanol–water partition coefficient (Wildman–Crippen LogP) is 0.932. The molecule has 1 saturated carbocycles. The van der Waals surface area contributed by atoms with Gasteiger partial charge in [0.15, 0.2) is 5.69 Å². The van der Waals surface area contributed by atoms with E-state index in [9.17, 15) is 9.59 Å². The van der Waals surface area contributed by atoms with Crippen molar-refractivity contribution in [2.75, 3.05) is 18.5 Å². The highest BCUT2D eigenvalue weighted by molar-refractivity contribution is 5.87. The summed E-state index contributed by atoms with van der Waals surface area (Å²) in [5.41, 5.74) is 0.117. The number of ether oxygens (including phenoxy) is 1. The molecule has 1 aliphatic rings. The molecule has 2 N–H and O–H groups in total. The Bertz CT molecular complexity index is 454. The van der Waals surface area contributed by atoms with E-state index in [4.69, 9.17) is 9.15 Å².